The number of methoxy groups -OCH3 is 2. The van der Waals surface area contributed by atoms with E-state index in [0.717, 1.165) is 0 Å². The maximum absolute atomic E-state index is 9.89. The van der Waals surface area contributed by atoms with Gasteiger partial charge in [-0.15, -0.1) is 11.6 Å². The molecule has 1 aromatic rings. The molecule has 0 spiro atoms. The van der Waals surface area contributed by atoms with Crippen molar-refractivity contribution in [3.63, 3.8) is 0 Å². The van der Waals surface area contributed by atoms with E-state index in [1.165, 1.54) is 14.2 Å². The quantitative estimate of drug-likeness (QED) is 0.814. The third-order valence-electron chi connectivity index (χ3n) is 2.34. The predicted octanol–water partition coefficient (Wildman–Crippen LogP) is 2.10. The van der Waals surface area contributed by atoms with Crippen LogP contribution in [0.3, 0.4) is 0 Å². The molecule has 0 aliphatic carbocycles. The van der Waals surface area contributed by atoms with Gasteiger partial charge in [-0.3, -0.25) is 0 Å². The molecule has 0 aliphatic rings. The fourth-order valence-corrected chi connectivity index (χ4v) is 2.11. The van der Waals surface area contributed by atoms with Gasteiger partial charge in [0.15, 0.2) is 11.5 Å². The molecule has 2 atom stereocenters. The van der Waals surface area contributed by atoms with Crippen LogP contribution in [0, 0.1) is 0 Å². The van der Waals surface area contributed by atoms with Gasteiger partial charge in [-0.25, -0.2) is 0 Å². The first-order valence-electron chi connectivity index (χ1n) is 4.88. The van der Waals surface area contributed by atoms with Gasteiger partial charge >= 0.3 is 0 Å². The lowest BCUT2D eigenvalue weighted by atomic mass is 10.0. The molecule has 0 radical (unpaired) electrons. The van der Waals surface area contributed by atoms with E-state index in [1.807, 2.05) is 0 Å². The van der Waals surface area contributed by atoms with Crippen LogP contribution < -0.4 is 9.47 Å². The molecule has 2 unspecified atom stereocenters. The van der Waals surface area contributed by atoms with Gasteiger partial charge in [-0.2, -0.15) is 0 Å². The second-order valence-corrected chi connectivity index (χ2v) is 4.56. The van der Waals surface area contributed by atoms with E-state index in [9.17, 15) is 10.2 Å². The van der Waals surface area contributed by atoms with Crippen molar-refractivity contribution in [2.75, 3.05) is 20.1 Å². The first-order valence-corrected chi connectivity index (χ1v) is 6.21. The summed E-state index contributed by atoms with van der Waals surface area (Å²) >= 11 is 8.80. The number of hydrogen-bond acceptors (Lipinski definition) is 4. The van der Waals surface area contributed by atoms with Crippen LogP contribution in [-0.2, 0) is 0 Å². The number of halogens is 2. The highest BCUT2D eigenvalue weighted by atomic mass is 79.9. The first-order chi connectivity index (χ1) is 8.04. The number of alkyl halides is 1. The molecule has 0 heterocycles. The highest BCUT2D eigenvalue weighted by Crippen LogP contribution is 2.36. The zero-order valence-electron chi connectivity index (χ0n) is 9.48. The van der Waals surface area contributed by atoms with Crippen LogP contribution >= 0.6 is 27.5 Å². The van der Waals surface area contributed by atoms with Crippen LogP contribution in [0.5, 0.6) is 11.5 Å². The highest BCUT2D eigenvalue weighted by molar-refractivity contribution is 9.10. The van der Waals surface area contributed by atoms with Gasteiger partial charge in [0.1, 0.15) is 6.10 Å². The van der Waals surface area contributed by atoms with Gasteiger partial charge in [0.2, 0.25) is 0 Å². The van der Waals surface area contributed by atoms with Gasteiger partial charge in [0.05, 0.1) is 26.2 Å². The van der Waals surface area contributed by atoms with Crippen molar-refractivity contribution in [1.82, 2.24) is 0 Å². The van der Waals surface area contributed by atoms with E-state index < -0.39 is 12.2 Å². The Kier molecular flexibility index (Phi) is 5.52. The largest absolute Gasteiger partial charge is 0.493 e. The Hall–Kier alpha value is -0.490. The molecule has 0 aromatic heterocycles. The second kappa shape index (κ2) is 6.44. The van der Waals surface area contributed by atoms with E-state index in [-0.39, 0.29) is 5.88 Å². The molecule has 0 aliphatic heterocycles. The number of rotatable bonds is 5. The average Bonchev–Trinajstić information content (AvgIpc) is 2.36. The Morgan fingerprint density at radius 2 is 1.76 bits per heavy atom. The Bertz CT molecular complexity index is 386. The maximum Gasteiger partial charge on any atom is 0.161 e. The summed E-state index contributed by atoms with van der Waals surface area (Å²) in [6, 6.07) is 3.27. The standard InChI is InChI=1S/C11H14BrClO4/c1-16-9-3-6(11(15)8(14)5-13)7(12)4-10(9)17-2/h3-4,8,11,14-15H,5H2,1-2H3. The number of aliphatic hydroxyl groups excluding tert-OH is 2. The van der Waals surface area contributed by atoms with Gasteiger partial charge in [0, 0.05) is 10.0 Å². The first kappa shape index (κ1) is 14.6. The van der Waals surface area contributed by atoms with Crippen molar-refractivity contribution < 1.29 is 19.7 Å². The van der Waals surface area contributed by atoms with Crippen LogP contribution in [0.1, 0.15) is 11.7 Å². The third kappa shape index (κ3) is 3.25. The SMILES string of the molecule is COc1cc(Br)c(C(O)C(O)CCl)cc1OC. The molecule has 0 saturated heterocycles. The van der Waals surface area contributed by atoms with Gasteiger partial charge in [-0.1, -0.05) is 15.9 Å². The molecule has 0 amide bonds. The Balaban J connectivity index is 3.16. The molecule has 1 rings (SSSR count). The number of ether oxygens (including phenoxy) is 2. The van der Waals surface area contributed by atoms with Crippen molar-refractivity contribution in [3.05, 3.63) is 22.2 Å². The number of hydrogen-bond donors (Lipinski definition) is 2. The van der Waals surface area contributed by atoms with Crippen LogP contribution in [0.15, 0.2) is 16.6 Å². The summed E-state index contributed by atoms with van der Waals surface area (Å²) in [5.74, 6) is 0.962. The lowest BCUT2D eigenvalue weighted by molar-refractivity contribution is 0.0321. The molecule has 4 nitrogen and oxygen atoms in total. The molecule has 0 saturated carbocycles. The van der Waals surface area contributed by atoms with Crippen molar-refractivity contribution >= 4 is 27.5 Å². The monoisotopic (exact) mass is 324 g/mol. The molecular formula is C11H14BrClO4. The summed E-state index contributed by atoms with van der Waals surface area (Å²) in [5, 5.41) is 19.4. The summed E-state index contributed by atoms with van der Waals surface area (Å²) in [5.41, 5.74) is 0.496. The van der Waals surface area contributed by atoms with E-state index in [1.54, 1.807) is 12.1 Å². The van der Waals surface area contributed by atoms with Crippen molar-refractivity contribution in [3.8, 4) is 11.5 Å². The van der Waals surface area contributed by atoms with Crippen LogP contribution in [0.25, 0.3) is 0 Å². The summed E-state index contributed by atoms with van der Waals surface area (Å²) in [6.45, 7) is 0. The van der Waals surface area contributed by atoms with E-state index >= 15 is 0 Å². The minimum absolute atomic E-state index is 0.0536. The van der Waals surface area contributed by atoms with Crippen LogP contribution in [0.2, 0.25) is 0 Å². The normalized spacial score (nSPS) is 14.2. The molecule has 0 fully saturated rings. The number of aliphatic hydroxyl groups is 2. The summed E-state index contributed by atoms with van der Waals surface area (Å²) in [6.07, 6.45) is -2.12. The van der Waals surface area contributed by atoms with E-state index in [2.05, 4.69) is 15.9 Å². The zero-order chi connectivity index (χ0) is 13.0. The van der Waals surface area contributed by atoms with Crippen LogP contribution in [0.4, 0.5) is 0 Å². The Labute approximate surface area is 113 Å². The van der Waals surface area contributed by atoms with Crippen LogP contribution in [-0.4, -0.2) is 36.4 Å². The van der Waals surface area contributed by atoms with Gasteiger partial charge in [-0.05, 0) is 12.1 Å². The lowest BCUT2D eigenvalue weighted by Gasteiger charge is -2.19. The molecular weight excluding hydrogens is 311 g/mol. The highest BCUT2D eigenvalue weighted by Gasteiger charge is 2.22. The fraction of sp³-hybridized carbons (Fsp3) is 0.455. The topological polar surface area (TPSA) is 58.9 Å². The fourth-order valence-electron chi connectivity index (χ4n) is 1.39. The zero-order valence-corrected chi connectivity index (χ0v) is 11.8. The molecule has 6 heteroatoms. The molecule has 17 heavy (non-hydrogen) atoms. The minimum atomic E-state index is -1.08. The molecule has 96 valence electrons. The average molecular weight is 326 g/mol. The third-order valence-corrected chi connectivity index (χ3v) is 3.35. The minimum Gasteiger partial charge on any atom is -0.493 e. The molecule has 0 bridgehead atoms. The maximum atomic E-state index is 9.89. The van der Waals surface area contributed by atoms with E-state index in [0.29, 0.717) is 21.5 Å². The van der Waals surface area contributed by atoms with Crippen molar-refractivity contribution in [2.24, 2.45) is 0 Å². The second-order valence-electron chi connectivity index (χ2n) is 3.40. The molecule has 1 aromatic carbocycles. The van der Waals surface area contributed by atoms with Crippen molar-refractivity contribution in [2.45, 2.75) is 12.2 Å². The summed E-state index contributed by atoms with van der Waals surface area (Å²) in [4.78, 5) is 0. The lowest BCUT2D eigenvalue weighted by Crippen LogP contribution is -2.20. The summed E-state index contributed by atoms with van der Waals surface area (Å²) < 4.78 is 10.9. The van der Waals surface area contributed by atoms with Gasteiger partial charge in [0.25, 0.3) is 0 Å². The molecule has 2 N–H and O–H groups in total. The summed E-state index contributed by atoms with van der Waals surface area (Å²) in [7, 11) is 3.02. The smallest absolute Gasteiger partial charge is 0.161 e. The van der Waals surface area contributed by atoms with Gasteiger partial charge < -0.3 is 19.7 Å². The van der Waals surface area contributed by atoms with Crippen molar-refractivity contribution in [1.29, 1.82) is 0 Å². The predicted molar refractivity (Wildman–Crippen MR) is 68.9 cm³/mol. The number of benzene rings is 1. The van der Waals surface area contributed by atoms with E-state index in [4.69, 9.17) is 21.1 Å². The Morgan fingerprint density at radius 3 is 2.24 bits per heavy atom. The Morgan fingerprint density at radius 1 is 1.24 bits per heavy atom.